The smallest absolute Gasteiger partial charge is 0.256 e. The maximum atomic E-state index is 13.5. The van der Waals surface area contributed by atoms with Crippen LogP contribution >= 0.6 is 0 Å². The van der Waals surface area contributed by atoms with Crippen molar-refractivity contribution < 1.29 is 4.79 Å². The van der Waals surface area contributed by atoms with Crippen LogP contribution in [0, 0.1) is 6.92 Å². The lowest BCUT2D eigenvalue weighted by Gasteiger charge is -2.28. The van der Waals surface area contributed by atoms with Crippen molar-refractivity contribution in [1.82, 2.24) is 34.9 Å². The van der Waals surface area contributed by atoms with Crippen LogP contribution in [0.15, 0.2) is 67.1 Å². The maximum absolute atomic E-state index is 13.5. The Bertz CT molecular complexity index is 1150. The van der Waals surface area contributed by atoms with E-state index in [1.807, 2.05) is 80.4 Å². The van der Waals surface area contributed by atoms with Gasteiger partial charge in [-0.15, -0.1) is 5.10 Å². The number of hydrogen-bond donors (Lipinski definition) is 0. The summed E-state index contributed by atoms with van der Waals surface area (Å²) in [5.74, 6) is -0.0607. The number of aryl methyl sites for hydroxylation is 1. The van der Waals surface area contributed by atoms with E-state index >= 15 is 0 Å². The number of carbonyl (C=O) groups excluding carboxylic acids is 1. The van der Waals surface area contributed by atoms with Crippen LogP contribution in [0.3, 0.4) is 0 Å². The number of amides is 1. The third kappa shape index (κ3) is 4.37. The van der Waals surface area contributed by atoms with E-state index < -0.39 is 0 Å². The molecule has 158 valence electrons. The van der Waals surface area contributed by atoms with Crippen LogP contribution < -0.4 is 0 Å². The summed E-state index contributed by atoms with van der Waals surface area (Å²) < 4.78 is 1.79. The first kappa shape index (κ1) is 20.5. The van der Waals surface area contributed by atoms with Crippen LogP contribution in [-0.4, -0.2) is 53.4 Å². The lowest BCUT2D eigenvalue weighted by atomic mass is 10.1. The Labute approximate surface area is 181 Å². The van der Waals surface area contributed by atoms with Gasteiger partial charge in [0.1, 0.15) is 5.69 Å². The van der Waals surface area contributed by atoms with Crippen molar-refractivity contribution in [3.63, 3.8) is 0 Å². The predicted octanol–water partition coefficient (Wildman–Crippen LogP) is 3.39. The molecule has 0 saturated carbocycles. The zero-order valence-corrected chi connectivity index (χ0v) is 17.9. The minimum absolute atomic E-state index is 0.0607. The summed E-state index contributed by atoms with van der Waals surface area (Å²) >= 11 is 0. The molecule has 1 amide bonds. The minimum atomic E-state index is -0.0817. The highest BCUT2D eigenvalue weighted by atomic mass is 16.2. The van der Waals surface area contributed by atoms with Crippen molar-refractivity contribution in [1.29, 1.82) is 0 Å². The number of carbonyl (C=O) groups is 1. The van der Waals surface area contributed by atoms with Gasteiger partial charge in [-0.3, -0.25) is 4.79 Å². The SMILES string of the molecule is CCN(C(=O)c1cc(C)ccc1-n1nccn1)[C@@H](C)Cn1cc(-c2ccccc2)nn1. The molecule has 0 aliphatic rings. The Morgan fingerprint density at radius 3 is 2.55 bits per heavy atom. The van der Waals surface area contributed by atoms with Gasteiger partial charge in [0.2, 0.25) is 0 Å². The van der Waals surface area contributed by atoms with Gasteiger partial charge in [0.25, 0.3) is 5.91 Å². The van der Waals surface area contributed by atoms with Crippen LogP contribution in [0.2, 0.25) is 0 Å². The fraction of sp³-hybridized carbons (Fsp3) is 0.261. The van der Waals surface area contributed by atoms with E-state index in [2.05, 4.69) is 20.5 Å². The first-order valence-electron chi connectivity index (χ1n) is 10.3. The molecule has 31 heavy (non-hydrogen) atoms. The van der Waals surface area contributed by atoms with Gasteiger partial charge in [-0.1, -0.05) is 47.2 Å². The van der Waals surface area contributed by atoms with E-state index in [9.17, 15) is 4.79 Å². The van der Waals surface area contributed by atoms with Gasteiger partial charge in [0.15, 0.2) is 0 Å². The molecule has 0 bridgehead atoms. The standard InChI is InChI=1S/C23H25N7O/c1-4-29(18(3)15-28-16-21(26-27-28)19-8-6-5-7-9-19)23(31)20-14-17(2)10-11-22(20)30-24-12-13-25-30/h5-14,16,18H,4,15H2,1-3H3/t18-/m0/s1. The van der Waals surface area contributed by atoms with Crippen molar-refractivity contribution in [3.8, 4) is 16.9 Å². The van der Waals surface area contributed by atoms with Gasteiger partial charge in [-0.05, 0) is 32.9 Å². The molecule has 2 aromatic heterocycles. The van der Waals surface area contributed by atoms with Crippen molar-refractivity contribution >= 4 is 5.91 Å². The third-order valence-corrected chi connectivity index (χ3v) is 5.21. The van der Waals surface area contributed by atoms with Gasteiger partial charge in [-0.2, -0.15) is 15.0 Å². The van der Waals surface area contributed by atoms with E-state index in [1.165, 1.54) is 4.80 Å². The first-order chi connectivity index (χ1) is 15.1. The number of benzene rings is 2. The summed E-state index contributed by atoms with van der Waals surface area (Å²) in [7, 11) is 0. The Hall–Kier alpha value is -3.81. The second kappa shape index (κ2) is 8.91. The molecular weight excluding hydrogens is 390 g/mol. The highest BCUT2D eigenvalue weighted by Gasteiger charge is 2.24. The molecule has 0 N–H and O–H groups in total. The summed E-state index contributed by atoms with van der Waals surface area (Å²) in [5.41, 5.74) is 4.08. The summed E-state index contributed by atoms with van der Waals surface area (Å²) in [5, 5.41) is 16.9. The Balaban J connectivity index is 1.56. The van der Waals surface area contributed by atoms with Crippen molar-refractivity contribution in [2.45, 2.75) is 33.4 Å². The number of rotatable bonds is 7. The summed E-state index contributed by atoms with van der Waals surface area (Å²) in [4.78, 5) is 16.8. The van der Waals surface area contributed by atoms with Gasteiger partial charge in [0, 0.05) is 18.2 Å². The van der Waals surface area contributed by atoms with Crippen LogP contribution in [0.5, 0.6) is 0 Å². The number of nitrogens with zero attached hydrogens (tertiary/aromatic N) is 7. The van der Waals surface area contributed by atoms with E-state index in [1.54, 1.807) is 17.1 Å². The van der Waals surface area contributed by atoms with Crippen LogP contribution in [0.1, 0.15) is 29.8 Å². The predicted molar refractivity (Wildman–Crippen MR) is 118 cm³/mol. The Morgan fingerprint density at radius 1 is 1.10 bits per heavy atom. The molecule has 4 rings (SSSR count). The molecular formula is C23H25N7O. The van der Waals surface area contributed by atoms with Gasteiger partial charge >= 0.3 is 0 Å². The fourth-order valence-corrected chi connectivity index (χ4v) is 3.64. The van der Waals surface area contributed by atoms with Crippen LogP contribution in [0.25, 0.3) is 16.9 Å². The normalized spacial score (nSPS) is 12.0. The molecule has 0 aliphatic heterocycles. The second-order valence-electron chi connectivity index (χ2n) is 7.47. The zero-order chi connectivity index (χ0) is 21.8. The van der Waals surface area contributed by atoms with E-state index in [0.29, 0.717) is 24.3 Å². The molecule has 2 heterocycles. The molecule has 8 nitrogen and oxygen atoms in total. The molecule has 0 saturated heterocycles. The lowest BCUT2D eigenvalue weighted by molar-refractivity contribution is 0.0684. The molecule has 2 aromatic carbocycles. The van der Waals surface area contributed by atoms with Crippen LogP contribution in [0.4, 0.5) is 0 Å². The molecule has 1 atom stereocenters. The summed E-state index contributed by atoms with van der Waals surface area (Å²) in [6, 6.07) is 15.6. The van der Waals surface area contributed by atoms with Gasteiger partial charge in [-0.25, -0.2) is 4.68 Å². The Morgan fingerprint density at radius 2 is 1.84 bits per heavy atom. The monoisotopic (exact) mass is 415 g/mol. The average molecular weight is 416 g/mol. The summed E-state index contributed by atoms with van der Waals surface area (Å²) in [6.45, 7) is 7.08. The largest absolute Gasteiger partial charge is 0.334 e. The first-order valence-corrected chi connectivity index (χ1v) is 10.3. The molecule has 0 radical (unpaired) electrons. The zero-order valence-electron chi connectivity index (χ0n) is 17.9. The highest BCUT2D eigenvalue weighted by molar-refractivity contribution is 5.98. The van der Waals surface area contributed by atoms with Crippen molar-refractivity contribution in [3.05, 3.63) is 78.2 Å². The van der Waals surface area contributed by atoms with Gasteiger partial charge in [0.05, 0.1) is 36.4 Å². The van der Waals surface area contributed by atoms with Crippen LogP contribution in [-0.2, 0) is 6.54 Å². The van der Waals surface area contributed by atoms with Gasteiger partial charge < -0.3 is 4.90 Å². The number of hydrogen-bond acceptors (Lipinski definition) is 5. The lowest BCUT2D eigenvalue weighted by Crippen LogP contribution is -2.41. The molecule has 4 aromatic rings. The van der Waals surface area contributed by atoms with E-state index in [4.69, 9.17) is 0 Å². The number of aromatic nitrogens is 6. The topological polar surface area (TPSA) is 81.7 Å². The van der Waals surface area contributed by atoms with E-state index in [-0.39, 0.29) is 11.9 Å². The molecule has 0 spiro atoms. The van der Waals surface area contributed by atoms with E-state index in [0.717, 1.165) is 16.8 Å². The molecule has 8 heteroatoms. The summed E-state index contributed by atoms with van der Waals surface area (Å²) in [6.07, 6.45) is 5.11. The second-order valence-corrected chi connectivity index (χ2v) is 7.47. The highest BCUT2D eigenvalue weighted by Crippen LogP contribution is 2.20. The fourth-order valence-electron chi connectivity index (χ4n) is 3.64. The maximum Gasteiger partial charge on any atom is 0.256 e. The molecule has 0 aliphatic carbocycles. The average Bonchev–Trinajstić information content (AvgIpc) is 3.47. The molecule has 0 fully saturated rings. The minimum Gasteiger partial charge on any atom is -0.334 e. The van der Waals surface area contributed by atoms with Crippen molar-refractivity contribution in [2.75, 3.05) is 6.54 Å². The Kier molecular flexibility index (Phi) is 5.88. The number of likely N-dealkylation sites (N-methyl/N-ethyl adjacent to an activating group) is 1. The quantitative estimate of drug-likeness (QED) is 0.462. The molecule has 0 unspecified atom stereocenters. The third-order valence-electron chi connectivity index (χ3n) is 5.21. The van der Waals surface area contributed by atoms with Crippen molar-refractivity contribution in [2.24, 2.45) is 0 Å².